The second-order valence-corrected chi connectivity index (χ2v) is 4.54. The third-order valence-electron chi connectivity index (χ3n) is 3.68. The van der Waals surface area contributed by atoms with Gasteiger partial charge in [0.25, 0.3) is 0 Å². The number of nitrogens with zero attached hydrogens (tertiary/aromatic N) is 1. The van der Waals surface area contributed by atoms with Gasteiger partial charge in [-0.25, -0.2) is 4.39 Å². The maximum absolute atomic E-state index is 13.8. The van der Waals surface area contributed by atoms with Gasteiger partial charge in [-0.2, -0.15) is 0 Å². The van der Waals surface area contributed by atoms with Crippen LogP contribution in [0, 0.1) is 5.82 Å². The molecule has 1 aromatic carbocycles. The van der Waals surface area contributed by atoms with E-state index in [1.807, 2.05) is 24.1 Å². The Labute approximate surface area is 104 Å². The van der Waals surface area contributed by atoms with Gasteiger partial charge < -0.3 is 10.6 Å². The Morgan fingerprint density at radius 3 is 2.41 bits per heavy atom. The quantitative estimate of drug-likeness (QED) is 0.824. The first-order valence-corrected chi connectivity index (χ1v) is 6.29. The van der Waals surface area contributed by atoms with Crippen molar-refractivity contribution in [3.8, 4) is 0 Å². The zero-order valence-corrected chi connectivity index (χ0v) is 11.0. The van der Waals surface area contributed by atoms with Crippen LogP contribution in [0.4, 0.5) is 10.1 Å². The van der Waals surface area contributed by atoms with E-state index in [1.165, 1.54) is 6.07 Å². The molecule has 0 saturated carbocycles. The van der Waals surface area contributed by atoms with Crippen LogP contribution in [0.5, 0.6) is 0 Å². The van der Waals surface area contributed by atoms with Gasteiger partial charge >= 0.3 is 0 Å². The summed E-state index contributed by atoms with van der Waals surface area (Å²) in [6.07, 6.45) is 2.94. The molecule has 2 N–H and O–H groups in total. The van der Waals surface area contributed by atoms with E-state index < -0.39 is 0 Å². The molecule has 0 aromatic heterocycles. The topological polar surface area (TPSA) is 29.3 Å². The van der Waals surface area contributed by atoms with E-state index in [2.05, 4.69) is 13.8 Å². The third-order valence-corrected chi connectivity index (χ3v) is 3.68. The fraction of sp³-hybridized carbons (Fsp3) is 0.571. The highest BCUT2D eigenvalue weighted by Crippen LogP contribution is 2.30. The van der Waals surface area contributed by atoms with Crippen LogP contribution in [0.1, 0.15) is 33.1 Å². The SMILES string of the molecule is CCCC(CC)(CN)N(C)c1ccccc1F. The minimum atomic E-state index is -0.183. The molecular weight excluding hydrogens is 215 g/mol. The minimum Gasteiger partial charge on any atom is -0.365 e. The Morgan fingerprint density at radius 2 is 1.94 bits per heavy atom. The van der Waals surface area contributed by atoms with E-state index in [1.54, 1.807) is 6.07 Å². The van der Waals surface area contributed by atoms with Crippen molar-refractivity contribution >= 4 is 5.69 Å². The van der Waals surface area contributed by atoms with Crippen LogP contribution in [0.25, 0.3) is 0 Å². The average Bonchev–Trinajstić information content (AvgIpc) is 2.36. The van der Waals surface area contributed by atoms with Crippen LogP contribution >= 0.6 is 0 Å². The smallest absolute Gasteiger partial charge is 0.146 e. The molecule has 0 bridgehead atoms. The van der Waals surface area contributed by atoms with Crippen molar-refractivity contribution < 1.29 is 4.39 Å². The monoisotopic (exact) mass is 238 g/mol. The zero-order chi connectivity index (χ0) is 12.9. The van der Waals surface area contributed by atoms with Crippen molar-refractivity contribution in [1.82, 2.24) is 0 Å². The molecule has 0 amide bonds. The Hall–Kier alpha value is -1.09. The zero-order valence-electron chi connectivity index (χ0n) is 11.0. The highest BCUT2D eigenvalue weighted by molar-refractivity contribution is 5.49. The van der Waals surface area contributed by atoms with E-state index >= 15 is 0 Å². The van der Waals surface area contributed by atoms with Gasteiger partial charge in [-0.05, 0) is 25.0 Å². The maximum atomic E-state index is 13.8. The number of halogens is 1. The summed E-state index contributed by atoms with van der Waals surface area (Å²) >= 11 is 0. The van der Waals surface area contributed by atoms with Crippen LogP contribution in [0.3, 0.4) is 0 Å². The van der Waals surface area contributed by atoms with Gasteiger partial charge in [0, 0.05) is 13.6 Å². The largest absolute Gasteiger partial charge is 0.365 e. The highest BCUT2D eigenvalue weighted by atomic mass is 19.1. The lowest BCUT2D eigenvalue weighted by Gasteiger charge is -2.42. The Morgan fingerprint density at radius 1 is 1.29 bits per heavy atom. The third kappa shape index (κ3) is 2.78. The Bertz CT molecular complexity index is 348. The first kappa shape index (κ1) is 14.0. The molecule has 0 aliphatic heterocycles. The molecule has 1 unspecified atom stereocenters. The van der Waals surface area contributed by atoms with E-state index in [0.717, 1.165) is 19.3 Å². The predicted molar refractivity (Wildman–Crippen MR) is 71.8 cm³/mol. The van der Waals surface area contributed by atoms with Crippen molar-refractivity contribution in [2.75, 3.05) is 18.5 Å². The van der Waals surface area contributed by atoms with E-state index in [-0.39, 0.29) is 11.4 Å². The molecule has 0 radical (unpaired) electrons. The van der Waals surface area contributed by atoms with Gasteiger partial charge in [0.15, 0.2) is 0 Å². The van der Waals surface area contributed by atoms with E-state index in [0.29, 0.717) is 12.2 Å². The molecule has 2 nitrogen and oxygen atoms in total. The van der Waals surface area contributed by atoms with Crippen LogP contribution < -0.4 is 10.6 Å². The summed E-state index contributed by atoms with van der Waals surface area (Å²) in [7, 11) is 1.93. The lowest BCUT2D eigenvalue weighted by molar-refractivity contribution is 0.363. The molecule has 96 valence electrons. The van der Waals surface area contributed by atoms with Gasteiger partial charge in [-0.3, -0.25) is 0 Å². The molecule has 0 spiro atoms. The van der Waals surface area contributed by atoms with Crippen LogP contribution in [-0.4, -0.2) is 19.1 Å². The summed E-state index contributed by atoms with van der Waals surface area (Å²) in [5.74, 6) is -0.183. The molecule has 17 heavy (non-hydrogen) atoms. The number of benzene rings is 1. The van der Waals surface area contributed by atoms with Crippen molar-refractivity contribution in [3.05, 3.63) is 30.1 Å². The summed E-state index contributed by atoms with van der Waals surface area (Å²) in [6.45, 7) is 4.79. The van der Waals surface area contributed by atoms with Crippen molar-refractivity contribution in [1.29, 1.82) is 0 Å². The molecular formula is C14H23FN2. The fourth-order valence-electron chi connectivity index (χ4n) is 2.41. The number of para-hydroxylation sites is 1. The average molecular weight is 238 g/mol. The van der Waals surface area contributed by atoms with Gasteiger partial charge in [-0.1, -0.05) is 32.4 Å². The van der Waals surface area contributed by atoms with Crippen molar-refractivity contribution in [2.45, 2.75) is 38.6 Å². The Balaban J connectivity index is 3.07. The number of hydrogen-bond acceptors (Lipinski definition) is 2. The molecule has 1 aromatic rings. The first-order chi connectivity index (χ1) is 8.11. The van der Waals surface area contributed by atoms with Crippen LogP contribution in [0.15, 0.2) is 24.3 Å². The second kappa shape index (κ2) is 6.01. The maximum Gasteiger partial charge on any atom is 0.146 e. The Kier molecular flexibility index (Phi) is 4.94. The van der Waals surface area contributed by atoms with Crippen molar-refractivity contribution in [3.63, 3.8) is 0 Å². The normalized spacial score (nSPS) is 14.4. The minimum absolute atomic E-state index is 0.142. The molecule has 1 atom stereocenters. The molecule has 0 heterocycles. The van der Waals surface area contributed by atoms with Crippen LogP contribution in [0.2, 0.25) is 0 Å². The standard InChI is InChI=1S/C14H23FN2/c1-4-10-14(5-2,11-16)17(3)13-9-7-6-8-12(13)15/h6-9H,4-5,10-11,16H2,1-3H3. The summed E-state index contributed by atoms with van der Waals surface area (Å²) in [5.41, 5.74) is 6.42. The molecule has 0 fully saturated rings. The lowest BCUT2D eigenvalue weighted by Crippen LogP contribution is -2.52. The van der Waals surface area contributed by atoms with Gasteiger partial charge in [0.2, 0.25) is 0 Å². The van der Waals surface area contributed by atoms with Gasteiger partial charge in [0.05, 0.1) is 11.2 Å². The molecule has 0 saturated heterocycles. The number of nitrogens with two attached hydrogens (primary N) is 1. The molecule has 1 rings (SSSR count). The number of rotatable bonds is 6. The summed E-state index contributed by atoms with van der Waals surface area (Å²) in [5, 5.41) is 0. The molecule has 3 heteroatoms. The van der Waals surface area contributed by atoms with E-state index in [4.69, 9.17) is 5.73 Å². The number of anilines is 1. The van der Waals surface area contributed by atoms with E-state index in [9.17, 15) is 4.39 Å². The van der Waals surface area contributed by atoms with Gasteiger partial charge in [0.1, 0.15) is 5.82 Å². The fourth-order valence-corrected chi connectivity index (χ4v) is 2.41. The number of hydrogen-bond donors (Lipinski definition) is 1. The van der Waals surface area contributed by atoms with Crippen molar-refractivity contribution in [2.24, 2.45) is 5.73 Å². The summed E-state index contributed by atoms with van der Waals surface area (Å²) < 4.78 is 13.8. The highest BCUT2D eigenvalue weighted by Gasteiger charge is 2.31. The lowest BCUT2D eigenvalue weighted by atomic mass is 9.88. The molecule has 0 aliphatic carbocycles. The van der Waals surface area contributed by atoms with Crippen LogP contribution in [-0.2, 0) is 0 Å². The van der Waals surface area contributed by atoms with Gasteiger partial charge in [-0.15, -0.1) is 0 Å². The summed E-state index contributed by atoms with van der Waals surface area (Å²) in [4.78, 5) is 2.01. The molecule has 0 aliphatic rings. The first-order valence-electron chi connectivity index (χ1n) is 6.29. The number of likely N-dealkylation sites (N-methyl/N-ethyl adjacent to an activating group) is 1. The predicted octanol–water partition coefficient (Wildman–Crippen LogP) is 3.17. The second-order valence-electron chi connectivity index (χ2n) is 4.54. The summed E-state index contributed by atoms with van der Waals surface area (Å²) in [6, 6.07) is 6.88.